The molecule has 0 aliphatic heterocycles. The largest absolute Gasteiger partial charge is 0.376 e. The molecule has 0 bridgehead atoms. The van der Waals surface area contributed by atoms with Crippen LogP contribution in [0.1, 0.15) is 0 Å². The Morgan fingerprint density at radius 1 is 1.56 bits per heavy atom. The standard InChI is InChI=1S/C4H10N4S/c1-7-3(5)8(2)4(6)9/h1-2H3,(H2,5,7)(H2,6,9). The number of aliphatic imine (C=N–C) groups is 1. The molecule has 0 aromatic carbocycles. The molecule has 0 aliphatic rings. The Bertz CT molecular complexity index is 142. The Balaban J connectivity index is 4.04. The molecular formula is C4H10N4S. The highest BCUT2D eigenvalue weighted by molar-refractivity contribution is 7.80. The lowest BCUT2D eigenvalue weighted by molar-refractivity contribution is 0.745. The average molecular weight is 146 g/mol. The van der Waals surface area contributed by atoms with Crippen LogP contribution in [0.25, 0.3) is 0 Å². The van der Waals surface area contributed by atoms with Crippen LogP contribution in [-0.2, 0) is 0 Å². The van der Waals surface area contributed by atoms with Crippen LogP contribution in [0.15, 0.2) is 4.99 Å². The summed E-state index contributed by atoms with van der Waals surface area (Å²) in [7, 11) is 3.23. The van der Waals surface area contributed by atoms with E-state index in [9.17, 15) is 0 Å². The van der Waals surface area contributed by atoms with E-state index < -0.39 is 0 Å². The molecule has 52 valence electrons. The molecule has 5 heteroatoms. The molecule has 0 radical (unpaired) electrons. The van der Waals surface area contributed by atoms with E-state index >= 15 is 0 Å². The third kappa shape index (κ3) is 2.27. The zero-order valence-electron chi connectivity index (χ0n) is 5.46. The third-order valence-electron chi connectivity index (χ3n) is 0.903. The van der Waals surface area contributed by atoms with Crippen molar-refractivity contribution in [3.05, 3.63) is 0 Å². The average Bonchev–Trinajstić information content (AvgIpc) is 1.84. The van der Waals surface area contributed by atoms with E-state index in [2.05, 4.69) is 17.2 Å². The first-order valence-corrected chi connectivity index (χ1v) is 2.75. The van der Waals surface area contributed by atoms with Crippen LogP contribution >= 0.6 is 12.2 Å². The number of hydrogen-bond donors (Lipinski definition) is 2. The summed E-state index contributed by atoms with van der Waals surface area (Å²) in [6.45, 7) is 0. The molecule has 0 aromatic rings. The highest BCUT2D eigenvalue weighted by Gasteiger charge is 2.00. The van der Waals surface area contributed by atoms with Gasteiger partial charge in [0.25, 0.3) is 0 Å². The molecule has 0 rings (SSSR count). The highest BCUT2D eigenvalue weighted by Crippen LogP contribution is 1.79. The number of nitrogens with zero attached hydrogens (tertiary/aromatic N) is 2. The van der Waals surface area contributed by atoms with Crippen LogP contribution in [0.5, 0.6) is 0 Å². The minimum absolute atomic E-state index is 0.220. The molecule has 0 unspecified atom stereocenters. The maximum atomic E-state index is 5.33. The number of thiocarbonyl (C=S) groups is 1. The number of nitrogens with two attached hydrogens (primary N) is 2. The number of guanidine groups is 1. The predicted octanol–water partition coefficient (Wildman–Crippen LogP) is -0.894. The summed E-state index contributed by atoms with van der Waals surface area (Å²) < 4.78 is 0. The minimum Gasteiger partial charge on any atom is -0.376 e. The number of hydrogen-bond acceptors (Lipinski definition) is 2. The molecule has 0 saturated carbocycles. The van der Waals surface area contributed by atoms with E-state index in [1.807, 2.05) is 0 Å². The van der Waals surface area contributed by atoms with Gasteiger partial charge in [-0.15, -0.1) is 0 Å². The Hall–Kier alpha value is -0.840. The summed E-state index contributed by atoms with van der Waals surface area (Å²) in [4.78, 5) is 5.09. The fourth-order valence-corrected chi connectivity index (χ4v) is 0.356. The summed E-state index contributed by atoms with van der Waals surface area (Å²) in [5.41, 5.74) is 10.5. The van der Waals surface area contributed by atoms with Crippen molar-refractivity contribution in [2.24, 2.45) is 16.5 Å². The van der Waals surface area contributed by atoms with Crippen LogP contribution < -0.4 is 11.5 Å². The molecule has 9 heavy (non-hydrogen) atoms. The van der Waals surface area contributed by atoms with Gasteiger partial charge in [0.1, 0.15) is 0 Å². The van der Waals surface area contributed by atoms with Crippen molar-refractivity contribution in [3.8, 4) is 0 Å². The second-order valence-corrected chi connectivity index (χ2v) is 1.90. The zero-order chi connectivity index (χ0) is 7.44. The Labute approximate surface area is 59.5 Å². The molecule has 0 aliphatic carbocycles. The molecule has 0 fully saturated rings. The first kappa shape index (κ1) is 8.16. The van der Waals surface area contributed by atoms with Gasteiger partial charge in [0.05, 0.1) is 0 Å². The SMILES string of the molecule is CN=C(N)N(C)C(N)=S. The van der Waals surface area contributed by atoms with Crippen molar-refractivity contribution in [1.82, 2.24) is 4.90 Å². The maximum Gasteiger partial charge on any atom is 0.197 e. The molecule has 0 aromatic heterocycles. The van der Waals surface area contributed by atoms with E-state index in [0.29, 0.717) is 5.96 Å². The topological polar surface area (TPSA) is 67.6 Å². The van der Waals surface area contributed by atoms with Crippen LogP contribution in [0, 0.1) is 0 Å². The van der Waals surface area contributed by atoms with Gasteiger partial charge in [-0.05, 0) is 12.2 Å². The van der Waals surface area contributed by atoms with Gasteiger partial charge in [-0.1, -0.05) is 0 Å². The maximum absolute atomic E-state index is 5.33. The normalized spacial score (nSPS) is 11.1. The second-order valence-electron chi connectivity index (χ2n) is 1.48. The molecule has 0 saturated heterocycles. The van der Waals surface area contributed by atoms with Crippen LogP contribution in [0.3, 0.4) is 0 Å². The Morgan fingerprint density at radius 2 is 2.00 bits per heavy atom. The van der Waals surface area contributed by atoms with Crippen molar-refractivity contribution < 1.29 is 0 Å². The molecule has 4 nitrogen and oxygen atoms in total. The van der Waals surface area contributed by atoms with Crippen molar-refractivity contribution in [3.63, 3.8) is 0 Å². The highest BCUT2D eigenvalue weighted by atomic mass is 32.1. The van der Waals surface area contributed by atoms with Gasteiger partial charge in [0.15, 0.2) is 11.1 Å². The Kier molecular flexibility index (Phi) is 2.94. The van der Waals surface area contributed by atoms with Gasteiger partial charge in [0.2, 0.25) is 0 Å². The smallest absolute Gasteiger partial charge is 0.197 e. The van der Waals surface area contributed by atoms with Gasteiger partial charge in [-0.2, -0.15) is 0 Å². The van der Waals surface area contributed by atoms with Crippen molar-refractivity contribution in [1.29, 1.82) is 0 Å². The fraction of sp³-hybridized carbons (Fsp3) is 0.500. The van der Waals surface area contributed by atoms with Gasteiger partial charge < -0.3 is 11.5 Å². The summed E-state index contributed by atoms with van der Waals surface area (Å²) in [5.74, 6) is 0.322. The van der Waals surface area contributed by atoms with Gasteiger partial charge in [0, 0.05) is 14.1 Å². The summed E-state index contributed by atoms with van der Waals surface area (Å²) in [6.07, 6.45) is 0. The first-order chi connectivity index (χ1) is 4.09. The monoisotopic (exact) mass is 146 g/mol. The lowest BCUT2D eigenvalue weighted by atomic mass is 10.8. The quantitative estimate of drug-likeness (QED) is 0.264. The predicted molar refractivity (Wildman–Crippen MR) is 42.1 cm³/mol. The molecule has 0 atom stereocenters. The number of rotatable bonds is 0. The second kappa shape index (κ2) is 3.24. The van der Waals surface area contributed by atoms with E-state index in [0.717, 1.165) is 0 Å². The van der Waals surface area contributed by atoms with Crippen molar-refractivity contribution in [2.45, 2.75) is 0 Å². The van der Waals surface area contributed by atoms with Gasteiger partial charge in [-0.25, -0.2) is 0 Å². The van der Waals surface area contributed by atoms with Crippen molar-refractivity contribution in [2.75, 3.05) is 14.1 Å². The lowest BCUT2D eigenvalue weighted by Crippen LogP contribution is -2.41. The zero-order valence-corrected chi connectivity index (χ0v) is 6.27. The molecule has 0 spiro atoms. The Morgan fingerprint density at radius 3 is 2.11 bits per heavy atom. The van der Waals surface area contributed by atoms with E-state index in [-0.39, 0.29) is 5.11 Å². The summed E-state index contributed by atoms with van der Waals surface area (Å²) in [6, 6.07) is 0. The van der Waals surface area contributed by atoms with Crippen molar-refractivity contribution >= 4 is 23.3 Å². The molecule has 4 N–H and O–H groups in total. The lowest BCUT2D eigenvalue weighted by Gasteiger charge is -2.13. The first-order valence-electron chi connectivity index (χ1n) is 2.35. The molecule has 0 amide bonds. The van der Waals surface area contributed by atoms with E-state index in [1.165, 1.54) is 4.90 Å². The van der Waals surface area contributed by atoms with Crippen LogP contribution in [0.2, 0.25) is 0 Å². The molecule has 0 heterocycles. The van der Waals surface area contributed by atoms with Crippen LogP contribution in [-0.4, -0.2) is 30.1 Å². The van der Waals surface area contributed by atoms with Gasteiger partial charge >= 0.3 is 0 Å². The summed E-state index contributed by atoms with van der Waals surface area (Å²) >= 11 is 4.60. The summed E-state index contributed by atoms with van der Waals surface area (Å²) in [5, 5.41) is 0.220. The minimum atomic E-state index is 0.220. The van der Waals surface area contributed by atoms with Gasteiger partial charge in [-0.3, -0.25) is 9.89 Å². The molecular weight excluding hydrogens is 136 g/mol. The third-order valence-corrected chi connectivity index (χ3v) is 1.18. The van der Waals surface area contributed by atoms with E-state index in [4.69, 9.17) is 11.5 Å². The van der Waals surface area contributed by atoms with Crippen LogP contribution in [0.4, 0.5) is 0 Å². The van der Waals surface area contributed by atoms with E-state index in [1.54, 1.807) is 14.1 Å². The fourth-order valence-electron chi connectivity index (χ4n) is 0.263.